The van der Waals surface area contributed by atoms with Gasteiger partial charge < -0.3 is 5.32 Å². The number of carbonyl (C=O) groups is 1. The molecule has 0 unspecified atom stereocenters. The maximum Gasteiger partial charge on any atom is 0.234 e. The number of nitrogens with one attached hydrogen (secondary N) is 2. The monoisotopic (exact) mass is 514 g/mol. The zero-order valence-electron chi connectivity index (χ0n) is 12.3. The van der Waals surface area contributed by atoms with Crippen molar-refractivity contribution in [3.63, 3.8) is 0 Å². The first kappa shape index (κ1) is 17.4. The highest BCUT2D eigenvalue weighted by atomic mass is 127. The third-order valence-corrected chi connectivity index (χ3v) is 5.38. The summed E-state index contributed by atoms with van der Waals surface area (Å²) in [6.45, 7) is 0. The fourth-order valence-electron chi connectivity index (χ4n) is 1.93. The maximum atomic E-state index is 12.0. The number of H-pyrrole nitrogens is 1. The molecule has 0 fully saturated rings. The van der Waals surface area contributed by atoms with Gasteiger partial charge in [0.25, 0.3) is 0 Å². The number of halogens is 2. The van der Waals surface area contributed by atoms with Crippen molar-refractivity contribution in [2.75, 3.05) is 11.1 Å². The Morgan fingerprint density at radius 3 is 2.71 bits per heavy atom. The molecular weight excluding hydrogens is 503 g/mol. The number of aromatic amines is 1. The Hall–Kier alpha value is -1.39. The van der Waals surface area contributed by atoms with Crippen molar-refractivity contribution in [1.82, 2.24) is 15.2 Å². The second kappa shape index (κ2) is 8.13. The number of nitrogens with zero attached hydrogens (tertiary/aromatic N) is 2. The second-order valence-electron chi connectivity index (χ2n) is 4.79. The van der Waals surface area contributed by atoms with Crippen molar-refractivity contribution < 1.29 is 4.79 Å². The van der Waals surface area contributed by atoms with Gasteiger partial charge >= 0.3 is 0 Å². The lowest BCUT2D eigenvalue weighted by Crippen LogP contribution is -2.14. The first-order valence-corrected chi connectivity index (χ1v) is 9.83. The highest BCUT2D eigenvalue weighted by Crippen LogP contribution is 2.22. The van der Waals surface area contributed by atoms with E-state index in [4.69, 9.17) is 0 Å². The summed E-state index contributed by atoms with van der Waals surface area (Å²) in [6, 6.07) is 15.4. The van der Waals surface area contributed by atoms with Gasteiger partial charge in [0.15, 0.2) is 5.82 Å². The first-order chi connectivity index (χ1) is 11.6. The molecule has 0 aliphatic carbocycles. The number of aromatic nitrogens is 3. The fourth-order valence-corrected chi connectivity index (χ4v) is 3.31. The number of carbonyl (C=O) groups excluding carboxylic acids is 1. The van der Waals surface area contributed by atoms with Crippen molar-refractivity contribution >= 4 is 61.9 Å². The van der Waals surface area contributed by atoms with E-state index >= 15 is 0 Å². The van der Waals surface area contributed by atoms with E-state index in [1.54, 1.807) is 0 Å². The Morgan fingerprint density at radius 2 is 1.96 bits per heavy atom. The summed E-state index contributed by atoms with van der Waals surface area (Å²) in [5.41, 5.74) is 1.76. The predicted molar refractivity (Wildman–Crippen MR) is 108 cm³/mol. The molecular formula is C16H12BrIN4OS. The largest absolute Gasteiger partial charge is 0.324 e. The lowest BCUT2D eigenvalue weighted by Gasteiger charge is -2.05. The quantitative estimate of drug-likeness (QED) is 0.386. The summed E-state index contributed by atoms with van der Waals surface area (Å²) in [5, 5.41) is 10.5. The van der Waals surface area contributed by atoms with E-state index < -0.39 is 0 Å². The number of hydrogen-bond donors (Lipinski definition) is 2. The second-order valence-corrected chi connectivity index (χ2v) is 7.81. The minimum absolute atomic E-state index is 0.0842. The Morgan fingerprint density at radius 1 is 1.21 bits per heavy atom. The molecule has 2 aromatic carbocycles. The smallest absolute Gasteiger partial charge is 0.234 e. The van der Waals surface area contributed by atoms with Gasteiger partial charge in [0.2, 0.25) is 11.1 Å². The first-order valence-electron chi connectivity index (χ1n) is 6.97. The predicted octanol–water partition coefficient (Wildman–Crippen LogP) is 4.57. The number of thioether (sulfide) groups is 1. The standard InChI is InChI=1S/C16H12BrIN4OS/c17-11-7-5-10(6-8-11)15-20-16(22-21-15)24-9-14(23)19-13-4-2-1-3-12(13)18/h1-8H,9H2,(H,19,23)(H,20,21,22). The van der Waals surface area contributed by atoms with Crippen molar-refractivity contribution in [2.45, 2.75) is 5.16 Å². The third-order valence-electron chi connectivity index (χ3n) is 3.06. The summed E-state index contributed by atoms with van der Waals surface area (Å²) < 4.78 is 2.01. The van der Waals surface area contributed by atoms with Crippen LogP contribution in [0.3, 0.4) is 0 Å². The number of amides is 1. The molecule has 1 heterocycles. The lowest BCUT2D eigenvalue weighted by atomic mass is 10.2. The van der Waals surface area contributed by atoms with Crippen LogP contribution in [-0.4, -0.2) is 26.8 Å². The average Bonchev–Trinajstić information content (AvgIpc) is 3.05. The highest BCUT2D eigenvalue weighted by molar-refractivity contribution is 14.1. The SMILES string of the molecule is O=C(CSc1n[nH]c(-c2ccc(Br)cc2)n1)Nc1ccccc1I. The van der Waals surface area contributed by atoms with Crippen molar-refractivity contribution in [1.29, 1.82) is 0 Å². The van der Waals surface area contributed by atoms with Crippen LogP contribution in [0.1, 0.15) is 0 Å². The molecule has 8 heteroatoms. The van der Waals surface area contributed by atoms with Gasteiger partial charge in [0.1, 0.15) is 0 Å². The molecule has 1 amide bonds. The molecule has 0 saturated heterocycles. The molecule has 0 radical (unpaired) electrons. The van der Waals surface area contributed by atoms with Gasteiger partial charge in [-0.15, -0.1) is 5.10 Å². The number of rotatable bonds is 5. The van der Waals surface area contributed by atoms with Crippen LogP contribution in [0.2, 0.25) is 0 Å². The van der Waals surface area contributed by atoms with E-state index in [0.29, 0.717) is 11.0 Å². The molecule has 0 saturated carbocycles. The minimum atomic E-state index is -0.0842. The topological polar surface area (TPSA) is 70.7 Å². The third kappa shape index (κ3) is 4.58. The average molecular weight is 515 g/mol. The minimum Gasteiger partial charge on any atom is -0.324 e. The molecule has 3 aromatic rings. The molecule has 3 rings (SSSR count). The molecule has 0 aliphatic rings. The molecule has 5 nitrogen and oxygen atoms in total. The Bertz CT molecular complexity index is 853. The van der Waals surface area contributed by atoms with E-state index in [2.05, 4.69) is 59.0 Å². The van der Waals surface area contributed by atoms with Crippen LogP contribution < -0.4 is 5.32 Å². The van der Waals surface area contributed by atoms with Crippen molar-refractivity contribution in [3.8, 4) is 11.4 Å². The molecule has 0 bridgehead atoms. The number of para-hydroxylation sites is 1. The van der Waals surface area contributed by atoms with Crippen LogP contribution in [0.5, 0.6) is 0 Å². The Kier molecular flexibility index (Phi) is 5.90. The van der Waals surface area contributed by atoms with Gasteiger partial charge in [-0.05, 0) is 46.9 Å². The molecule has 24 heavy (non-hydrogen) atoms. The summed E-state index contributed by atoms with van der Waals surface area (Å²) >= 11 is 6.89. The molecule has 0 atom stereocenters. The Balaban J connectivity index is 1.58. The molecule has 1 aromatic heterocycles. The maximum absolute atomic E-state index is 12.0. The number of anilines is 1. The molecule has 0 aliphatic heterocycles. The highest BCUT2D eigenvalue weighted by Gasteiger charge is 2.10. The van der Waals surface area contributed by atoms with E-state index in [-0.39, 0.29) is 11.7 Å². The van der Waals surface area contributed by atoms with Crippen LogP contribution in [0.4, 0.5) is 5.69 Å². The van der Waals surface area contributed by atoms with Gasteiger partial charge in [-0.1, -0.05) is 52.0 Å². The van der Waals surface area contributed by atoms with Gasteiger partial charge in [-0.25, -0.2) is 4.98 Å². The van der Waals surface area contributed by atoms with Crippen molar-refractivity contribution in [3.05, 3.63) is 56.6 Å². The fraction of sp³-hybridized carbons (Fsp3) is 0.0625. The Labute approximate surface area is 165 Å². The van der Waals surface area contributed by atoms with Crippen molar-refractivity contribution in [2.24, 2.45) is 0 Å². The summed E-state index contributed by atoms with van der Waals surface area (Å²) in [5.74, 6) is 0.852. The van der Waals surface area contributed by atoms with Gasteiger partial charge in [0.05, 0.1) is 11.4 Å². The van der Waals surface area contributed by atoms with Gasteiger partial charge in [-0.3, -0.25) is 9.89 Å². The van der Waals surface area contributed by atoms with Gasteiger partial charge in [-0.2, -0.15) is 0 Å². The van der Waals surface area contributed by atoms with Gasteiger partial charge in [0, 0.05) is 13.6 Å². The lowest BCUT2D eigenvalue weighted by molar-refractivity contribution is -0.113. The summed E-state index contributed by atoms with van der Waals surface area (Å²) in [7, 11) is 0. The normalized spacial score (nSPS) is 10.6. The number of hydrogen-bond acceptors (Lipinski definition) is 4. The molecule has 122 valence electrons. The summed E-state index contributed by atoms with van der Waals surface area (Å²) in [4.78, 5) is 16.5. The zero-order valence-corrected chi connectivity index (χ0v) is 16.9. The van der Waals surface area contributed by atoms with E-state index in [9.17, 15) is 4.79 Å². The number of benzene rings is 2. The van der Waals surface area contributed by atoms with E-state index in [1.165, 1.54) is 11.8 Å². The zero-order chi connectivity index (χ0) is 16.9. The van der Waals surface area contributed by atoms with Crippen LogP contribution in [0, 0.1) is 3.57 Å². The van der Waals surface area contributed by atoms with Crippen LogP contribution in [0.25, 0.3) is 11.4 Å². The van der Waals surface area contributed by atoms with E-state index in [1.807, 2.05) is 48.5 Å². The van der Waals surface area contributed by atoms with Crippen LogP contribution >= 0.6 is 50.3 Å². The van der Waals surface area contributed by atoms with Crippen LogP contribution in [-0.2, 0) is 4.79 Å². The van der Waals surface area contributed by atoms with Crippen LogP contribution in [0.15, 0.2) is 58.2 Å². The molecule has 0 spiro atoms. The summed E-state index contributed by atoms with van der Waals surface area (Å²) in [6.07, 6.45) is 0. The molecule has 2 N–H and O–H groups in total. The van der Waals surface area contributed by atoms with E-state index in [0.717, 1.165) is 19.3 Å².